The molecule has 0 unspecified atom stereocenters. The van der Waals surface area contributed by atoms with Crippen molar-refractivity contribution in [1.29, 1.82) is 0 Å². The van der Waals surface area contributed by atoms with E-state index in [9.17, 15) is 13.2 Å². The van der Waals surface area contributed by atoms with Crippen molar-refractivity contribution in [3.05, 3.63) is 96.2 Å². The predicted octanol–water partition coefficient (Wildman–Crippen LogP) is 6.35. The monoisotopic (exact) mass is 447 g/mol. The highest BCUT2D eigenvalue weighted by Gasteiger charge is 2.30. The van der Waals surface area contributed by atoms with E-state index in [0.29, 0.717) is 5.56 Å². The summed E-state index contributed by atoms with van der Waals surface area (Å²) in [6, 6.07) is 15.2. The molecular weight excluding hydrogens is 427 g/mol. The van der Waals surface area contributed by atoms with Gasteiger partial charge < -0.3 is 14.9 Å². The first kappa shape index (κ1) is 20.8. The molecule has 2 aromatic carbocycles. The van der Waals surface area contributed by atoms with Crippen LogP contribution in [0.15, 0.2) is 79.5 Å². The van der Waals surface area contributed by atoms with E-state index in [-0.39, 0.29) is 6.54 Å². The summed E-state index contributed by atoms with van der Waals surface area (Å²) >= 11 is 0. The zero-order valence-corrected chi connectivity index (χ0v) is 17.7. The van der Waals surface area contributed by atoms with Crippen LogP contribution in [0.1, 0.15) is 16.7 Å². The summed E-state index contributed by atoms with van der Waals surface area (Å²) < 4.78 is 40.8. The molecule has 0 saturated carbocycles. The molecule has 8 heteroatoms. The number of rotatable bonds is 5. The van der Waals surface area contributed by atoms with Crippen LogP contribution in [0.25, 0.3) is 28.0 Å². The van der Waals surface area contributed by atoms with Crippen molar-refractivity contribution < 1.29 is 13.2 Å². The summed E-state index contributed by atoms with van der Waals surface area (Å²) in [4.78, 5) is 12.0. The van der Waals surface area contributed by atoms with Crippen molar-refractivity contribution in [2.75, 3.05) is 5.32 Å². The molecule has 0 bridgehead atoms. The maximum absolute atomic E-state index is 13.0. The number of hydrogen-bond donors (Lipinski definition) is 2. The molecule has 3 aromatic heterocycles. The number of anilines is 1. The van der Waals surface area contributed by atoms with E-state index < -0.39 is 11.7 Å². The van der Waals surface area contributed by atoms with E-state index in [4.69, 9.17) is 0 Å². The van der Waals surface area contributed by atoms with E-state index in [1.165, 1.54) is 12.1 Å². The van der Waals surface area contributed by atoms with E-state index >= 15 is 0 Å². The smallest absolute Gasteiger partial charge is 0.381 e. The molecule has 0 radical (unpaired) electrons. The lowest BCUT2D eigenvalue weighted by molar-refractivity contribution is -0.137. The van der Waals surface area contributed by atoms with Gasteiger partial charge in [-0.2, -0.15) is 13.2 Å². The normalized spacial score (nSPS) is 11.8. The number of aromatic amines is 1. The van der Waals surface area contributed by atoms with Crippen molar-refractivity contribution in [2.45, 2.75) is 19.6 Å². The Labute approximate surface area is 187 Å². The lowest BCUT2D eigenvalue weighted by Crippen LogP contribution is -2.07. The molecule has 0 amide bonds. The Morgan fingerprint density at radius 3 is 2.76 bits per heavy atom. The van der Waals surface area contributed by atoms with Gasteiger partial charge in [-0.15, -0.1) is 0 Å². The maximum Gasteiger partial charge on any atom is 0.416 e. The maximum atomic E-state index is 13.0. The number of hydrogen-bond acceptors (Lipinski definition) is 3. The van der Waals surface area contributed by atoms with Crippen LogP contribution in [0.5, 0.6) is 0 Å². The summed E-state index contributed by atoms with van der Waals surface area (Å²) in [6.07, 6.45) is 2.96. The Morgan fingerprint density at radius 2 is 1.91 bits per heavy atom. The highest BCUT2D eigenvalue weighted by atomic mass is 19.4. The van der Waals surface area contributed by atoms with Crippen molar-refractivity contribution >= 4 is 16.7 Å². The van der Waals surface area contributed by atoms with Crippen LogP contribution < -0.4 is 5.32 Å². The van der Waals surface area contributed by atoms with Crippen LogP contribution in [-0.4, -0.2) is 19.5 Å². The molecule has 0 atom stereocenters. The fraction of sp³-hybridized carbons (Fsp3) is 0.120. The molecule has 0 saturated heterocycles. The Balaban J connectivity index is 1.37. The molecule has 3 heterocycles. The van der Waals surface area contributed by atoms with Gasteiger partial charge in [0.25, 0.3) is 0 Å². The van der Waals surface area contributed by atoms with Crippen LogP contribution in [0.2, 0.25) is 0 Å². The molecule has 0 fully saturated rings. The minimum Gasteiger partial charge on any atom is -0.381 e. The average Bonchev–Trinajstić information content (AvgIpc) is 3.47. The van der Waals surface area contributed by atoms with E-state index in [2.05, 4.69) is 20.3 Å². The van der Waals surface area contributed by atoms with Crippen LogP contribution >= 0.6 is 0 Å². The molecular formula is C25H20F3N5. The molecule has 0 aliphatic heterocycles. The number of imidazole rings is 1. The molecule has 166 valence electrons. The third-order valence-electron chi connectivity index (χ3n) is 5.52. The Hall–Kier alpha value is -4.07. The van der Waals surface area contributed by atoms with Crippen molar-refractivity contribution in [3.63, 3.8) is 0 Å². The molecule has 0 spiro atoms. The number of pyridine rings is 1. The number of aryl methyl sites for hydroxylation is 1. The average molecular weight is 447 g/mol. The zero-order valence-electron chi connectivity index (χ0n) is 17.7. The first-order valence-electron chi connectivity index (χ1n) is 10.4. The number of alkyl halides is 3. The van der Waals surface area contributed by atoms with Gasteiger partial charge in [-0.1, -0.05) is 18.2 Å². The van der Waals surface area contributed by atoms with Crippen LogP contribution in [0.3, 0.4) is 0 Å². The van der Waals surface area contributed by atoms with Crippen LogP contribution in [0, 0.1) is 6.92 Å². The largest absolute Gasteiger partial charge is 0.416 e. The second kappa shape index (κ2) is 8.12. The van der Waals surface area contributed by atoms with E-state index in [0.717, 1.165) is 45.3 Å². The summed E-state index contributed by atoms with van der Waals surface area (Å²) in [5.74, 6) is 0. The number of nitrogens with zero attached hydrogens (tertiary/aromatic N) is 3. The molecule has 5 aromatic rings. The number of fused-ring (bicyclic) bond motifs is 1. The highest BCUT2D eigenvalue weighted by molar-refractivity contribution is 5.80. The summed E-state index contributed by atoms with van der Waals surface area (Å²) in [5, 5.41) is 4.23. The second-order valence-electron chi connectivity index (χ2n) is 7.86. The highest BCUT2D eigenvalue weighted by Crippen LogP contribution is 2.30. The standard InChI is InChI=1S/C25H20F3N5/c1-16-5-6-21(30-12-17-3-2-4-20(9-17)25(26,27)28)11-23(16)33-14-22(32-15-33)19-10-18-7-8-29-24(18)31-13-19/h2-11,13-15,30H,12H2,1H3,(H,29,31). The topological polar surface area (TPSA) is 58.5 Å². The third kappa shape index (κ3) is 4.32. The summed E-state index contributed by atoms with van der Waals surface area (Å²) in [7, 11) is 0. The van der Waals surface area contributed by atoms with Gasteiger partial charge in [-0.25, -0.2) is 9.97 Å². The molecule has 5 rings (SSSR count). The molecule has 2 N–H and O–H groups in total. The first-order valence-corrected chi connectivity index (χ1v) is 10.4. The Bertz CT molecular complexity index is 1430. The number of H-pyrrole nitrogens is 1. The van der Waals surface area contributed by atoms with Crippen molar-refractivity contribution in [1.82, 2.24) is 19.5 Å². The Kier molecular flexibility index (Phi) is 5.12. The number of benzene rings is 2. The zero-order chi connectivity index (χ0) is 23.0. The quantitative estimate of drug-likeness (QED) is 0.330. The fourth-order valence-corrected chi connectivity index (χ4v) is 3.74. The lowest BCUT2D eigenvalue weighted by atomic mass is 10.1. The third-order valence-corrected chi connectivity index (χ3v) is 5.52. The van der Waals surface area contributed by atoms with Gasteiger partial charge in [0.15, 0.2) is 0 Å². The predicted molar refractivity (Wildman–Crippen MR) is 122 cm³/mol. The number of nitrogens with one attached hydrogen (secondary N) is 2. The van der Waals surface area contributed by atoms with E-state index in [1.54, 1.807) is 18.6 Å². The van der Waals surface area contributed by atoms with Gasteiger partial charge in [0, 0.05) is 41.8 Å². The summed E-state index contributed by atoms with van der Waals surface area (Å²) in [5.41, 5.74) is 5.23. The number of aromatic nitrogens is 4. The van der Waals surface area contributed by atoms with Crippen LogP contribution in [-0.2, 0) is 12.7 Å². The van der Waals surface area contributed by atoms with Gasteiger partial charge in [-0.3, -0.25) is 0 Å². The summed E-state index contributed by atoms with van der Waals surface area (Å²) in [6.45, 7) is 2.28. The first-order chi connectivity index (χ1) is 15.9. The molecule has 0 aliphatic carbocycles. The number of halogens is 3. The van der Waals surface area contributed by atoms with Gasteiger partial charge in [0.1, 0.15) is 5.65 Å². The van der Waals surface area contributed by atoms with Gasteiger partial charge in [0.2, 0.25) is 0 Å². The fourth-order valence-electron chi connectivity index (χ4n) is 3.74. The minimum absolute atomic E-state index is 0.282. The SMILES string of the molecule is Cc1ccc(NCc2cccc(C(F)(F)F)c2)cc1-n1cnc(-c2cnc3[nH]ccc3c2)c1. The van der Waals surface area contributed by atoms with Gasteiger partial charge in [0.05, 0.1) is 23.3 Å². The second-order valence-corrected chi connectivity index (χ2v) is 7.86. The van der Waals surface area contributed by atoms with Crippen molar-refractivity contribution in [3.8, 4) is 16.9 Å². The van der Waals surface area contributed by atoms with Crippen LogP contribution in [0.4, 0.5) is 18.9 Å². The van der Waals surface area contributed by atoms with E-state index in [1.807, 2.05) is 54.2 Å². The van der Waals surface area contributed by atoms with Gasteiger partial charge in [-0.05, 0) is 54.4 Å². The van der Waals surface area contributed by atoms with Crippen molar-refractivity contribution in [2.24, 2.45) is 0 Å². The lowest BCUT2D eigenvalue weighted by Gasteiger charge is -2.13. The molecule has 5 nitrogen and oxygen atoms in total. The minimum atomic E-state index is -4.35. The molecule has 33 heavy (non-hydrogen) atoms. The molecule has 0 aliphatic rings. The van der Waals surface area contributed by atoms with Gasteiger partial charge >= 0.3 is 6.18 Å². The Morgan fingerprint density at radius 1 is 1.03 bits per heavy atom.